The number of Topliss-reactive ketones (excluding diaryl/α,β-unsaturated/α-hetero) is 1. The molecule has 2 aromatic carbocycles. The predicted octanol–water partition coefficient (Wildman–Crippen LogP) is 3.77. The Morgan fingerprint density at radius 1 is 1.23 bits per heavy atom. The van der Waals surface area contributed by atoms with Crippen molar-refractivity contribution in [2.24, 2.45) is 0 Å². The molecule has 0 atom stereocenters. The van der Waals surface area contributed by atoms with Crippen LogP contribution in [0.15, 0.2) is 48.2 Å². The van der Waals surface area contributed by atoms with Crippen LogP contribution in [0, 0.1) is 5.82 Å². The molecule has 0 aliphatic carbocycles. The number of benzene rings is 2. The molecule has 0 amide bonds. The Hall–Kier alpha value is -3.15. The second kappa shape index (κ2) is 7.39. The van der Waals surface area contributed by atoms with E-state index in [0.29, 0.717) is 22.6 Å². The van der Waals surface area contributed by atoms with E-state index in [0.717, 1.165) is 0 Å². The summed E-state index contributed by atoms with van der Waals surface area (Å²) in [5.74, 6) is -0.371. The summed E-state index contributed by atoms with van der Waals surface area (Å²) >= 11 is 0. The Morgan fingerprint density at radius 3 is 2.77 bits per heavy atom. The van der Waals surface area contributed by atoms with Crippen LogP contribution < -0.4 is 9.47 Å². The zero-order valence-electron chi connectivity index (χ0n) is 14.3. The first-order valence-corrected chi connectivity index (χ1v) is 8.08. The summed E-state index contributed by atoms with van der Waals surface area (Å²) in [5, 5.41) is 0. The van der Waals surface area contributed by atoms with Crippen molar-refractivity contribution in [2.45, 2.75) is 20.0 Å². The van der Waals surface area contributed by atoms with Gasteiger partial charge in [0.25, 0.3) is 0 Å². The van der Waals surface area contributed by atoms with Gasteiger partial charge in [0.2, 0.25) is 5.78 Å². The average Bonchev–Trinajstić information content (AvgIpc) is 2.88. The summed E-state index contributed by atoms with van der Waals surface area (Å²) in [5.41, 5.74) is 0.902. The van der Waals surface area contributed by atoms with Gasteiger partial charge in [-0.2, -0.15) is 0 Å². The fourth-order valence-corrected chi connectivity index (χ4v) is 2.44. The van der Waals surface area contributed by atoms with Gasteiger partial charge < -0.3 is 14.2 Å². The van der Waals surface area contributed by atoms with Crippen LogP contribution in [-0.4, -0.2) is 24.5 Å². The number of fused-ring (bicyclic) bond motifs is 1. The number of hydrogen-bond acceptors (Lipinski definition) is 5. The van der Waals surface area contributed by atoms with Gasteiger partial charge in [-0.15, -0.1) is 0 Å². The SMILES string of the molecule is CC(C)OC(=O)COc1ccc2c(c1)O/C(=C\c1cccc(F)c1)C2=O. The standard InChI is InChI=1S/C20H17FO5/c1-12(2)25-19(22)11-24-15-6-7-16-17(10-15)26-18(20(16)23)9-13-4-3-5-14(21)8-13/h3-10,12H,11H2,1-2H3/b18-9-. The van der Waals surface area contributed by atoms with Crippen LogP contribution in [0.2, 0.25) is 0 Å². The van der Waals surface area contributed by atoms with E-state index in [2.05, 4.69) is 0 Å². The van der Waals surface area contributed by atoms with E-state index in [9.17, 15) is 14.0 Å². The average molecular weight is 356 g/mol. The second-order valence-electron chi connectivity index (χ2n) is 5.98. The molecule has 1 aliphatic heterocycles. The summed E-state index contributed by atoms with van der Waals surface area (Å²) in [7, 11) is 0. The van der Waals surface area contributed by atoms with Crippen LogP contribution in [0.5, 0.6) is 11.5 Å². The molecule has 0 aromatic heterocycles. The van der Waals surface area contributed by atoms with Crippen molar-refractivity contribution in [3.05, 3.63) is 65.2 Å². The minimum absolute atomic E-state index is 0.0990. The number of hydrogen-bond donors (Lipinski definition) is 0. The highest BCUT2D eigenvalue weighted by Crippen LogP contribution is 2.34. The number of rotatable bonds is 5. The van der Waals surface area contributed by atoms with Gasteiger partial charge >= 0.3 is 5.97 Å². The van der Waals surface area contributed by atoms with E-state index in [-0.39, 0.29) is 24.3 Å². The topological polar surface area (TPSA) is 61.8 Å². The van der Waals surface area contributed by atoms with Gasteiger partial charge in [-0.1, -0.05) is 12.1 Å². The van der Waals surface area contributed by atoms with Crippen molar-refractivity contribution in [1.29, 1.82) is 0 Å². The molecule has 3 rings (SSSR count). The smallest absolute Gasteiger partial charge is 0.344 e. The van der Waals surface area contributed by atoms with E-state index in [1.807, 2.05) is 0 Å². The van der Waals surface area contributed by atoms with Crippen LogP contribution >= 0.6 is 0 Å². The summed E-state index contributed by atoms with van der Waals surface area (Å²) < 4.78 is 29.2. The predicted molar refractivity (Wildman–Crippen MR) is 92.5 cm³/mol. The minimum atomic E-state index is -0.482. The Bertz CT molecular complexity index is 886. The molecule has 26 heavy (non-hydrogen) atoms. The molecule has 5 nitrogen and oxygen atoms in total. The van der Waals surface area contributed by atoms with Gasteiger partial charge in [0.1, 0.15) is 17.3 Å². The zero-order valence-corrected chi connectivity index (χ0v) is 14.3. The molecule has 0 unspecified atom stereocenters. The normalized spacial score (nSPS) is 14.3. The third kappa shape index (κ3) is 4.08. The van der Waals surface area contributed by atoms with Crippen LogP contribution in [0.4, 0.5) is 4.39 Å². The molecule has 2 aromatic rings. The Labute approximate surface area is 150 Å². The molecule has 6 heteroatoms. The monoisotopic (exact) mass is 356 g/mol. The van der Waals surface area contributed by atoms with E-state index in [4.69, 9.17) is 14.2 Å². The largest absolute Gasteiger partial charge is 0.482 e. The minimum Gasteiger partial charge on any atom is -0.482 e. The molecule has 0 saturated carbocycles. The van der Waals surface area contributed by atoms with E-state index in [1.165, 1.54) is 24.3 Å². The van der Waals surface area contributed by atoms with Crippen LogP contribution in [0.25, 0.3) is 6.08 Å². The molecule has 1 heterocycles. The van der Waals surface area contributed by atoms with E-state index >= 15 is 0 Å². The Morgan fingerprint density at radius 2 is 2.04 bits per heavy atom. The third-order valence-corrected chi connectivity index (χ3v) is 3.51. The number of halogens is 1. The summed E-state index contributed by atoms with van der Waals surface area (Å²) in [4.78, 5) is 23.9. The fourth-order valence-electron chi connectivity index (χ4n) is 2.44. The van der Waals surface area contributed by atoms with Crippen molar-refractivity contribution >= 4 is 17.8 Å². The third-order valence-electron chi connectivity index (χ3n) is 3.51. The van der Waals surface area contributed by atoms with Crippen LogP contribution in [0.1, 0.15) is 29.8 Å². The number of esters is 1. The van der Waals surface area contributed by atoms with Gasteiger partial charge in [0, 0.05) is 6.07 Å². The summed E-state index contributed by atoms with van der Waals surface area (Å²) in [6.45, 7) is 3.26. The van der Waals surface area contributed by atoms with Gasteiger partial charge in [-0.25, -0.2) is 9.18 Å². The first-order chi connectivity index (χ1) is 12.4. The molecule has 0 N–H and O–H groups in total. The fraction of sp³-hybridized carbons (Fsp3) is 0.200. The zero-order chi connectivity index (χ0) is 18.7. The maximum Gasteiger partial charge on any atom is 0.344 e. The number of carbonyl (C=O) groups is 2. The highest BCUT2D eigenvalue weighted by Gasteiger charge is 2.27. The molecule has 134 valence electrons. The number of ketones is 1. The summed E-state index contributed by atoms with van der Waals surface area (Å²) in [6.07, 6.45) is 1.26. The van der Waals surface area contributed by atoms with Gasteiger partial charge in [-0.05, 0) is 49.8 Å². The van der Waals surface area contributed by atoms with E-state index in [1.54, 1.807) is 38.1 Å². The quantitative estimate of drug-likeness (QED) is 0.603. The van der Waals surface area contributed by atoms with Crippen LogP contribution in [-0.2, 0) is 9.53 Å². The Kier molecular flexibility index (Phi) is 5.02. The highest BCUT2D eigenvalue weighted by molar-refractivity contribution is 6.14. The lowest BCUT2D eigenvalue weighted by Crippen LogP contribution is -2.18. The maximum absolute atomic E-state index is 13.3. The first-order valence-electron chi connectivity index (χ1n) is 8.08. The van der Waals surface area contributed by atoms with Gasteiger partial charge in [0.15, 0.2) is 12.4 Å². The molecule has 0 bridgehead atoms. The van der Waals surface area contributed by atoms with Crippen LogP contribution in [0.3, 0.4) is 0 Å². The first kappa shape index (κ1) is 17.7. The molecule has 0 spiro atoms. The van der Waals surface area contributed by atoms with Crippen molar-refractivity contribution < 1.29 is 28.2 Å². The number of allylic oxidation sites excluding steroid dienone is 1. The molecule has 0 fully saturated rings. The second-order valence-corrected chi connectivity index (χ2v) is 5.98. The number of carbonyl (C=O) groups excluding carboxylic acids is 2. The van der Waals surface area contributed by atoms with Crippen molar-refractivity contribution in [1.82, 2.24) is 0 Å². The molecule has 0 saturated heterocycles. The lowest BCUT2D eigenvalue weighted by atomic mass is 10.1. The van der Waals surface area contributed by atoms with Gasteiger partial charge in [0.05, 0.1) is 11.7 Å². The number of ether oxygens (including phenoxy) is 3. The highest BCUT2D eigenvalue weighted by atomic mass is 19.1. The molecule has 1 aliphatic rings. The maximum atomic E-state index is 13.3. The van der Waals surface area contributed by atoms with Crippen molar-refractivity contribution in [2.75, 3.05) is 6.61 Å². The van der Waals surface area contributed by atoms with E-state index < -0.39 is 11.8 Å². The van der Waals surface area contributed by atoms with Gasteiger partial charge in [-0.3, -0.25) is 4.79 Å². The molecular weight excluding hydrogens is 339 g/mol. The van der Waals surface area contributed by atoms with Crippen molar-refractivity contribution in [3.63, 3.8) is 0 Å². The molecule has 0 radical (unpaired) electrons. The van der Waals surface area contributed by atoms with Crippen molar-refractivity contribution in [3.8, 4) is 11.5 Å². The summed E-state index contributed by atoms with van der Waals surface area (Å²) in [6, 6.07) is 10.5. The Balaban J connectivity index is 1.73. The lowest BCUT2D eigenvalue weighted by Gasteiger charge is -2.09. The molecular formula is C20H17FO5. The lowest BCUT2D eigenvalue weighted by molar-refractivity contribution is -0.149.